The molecule has 4 nitrogen and oxygen atoms in total. The fraction of sp³-hybridized carbons (Fsp3) is 0.938. The minimum absolute atomic E-state index is 0.315. The van der Waals surface area contributed by atoms with Crippen molar-refractivity contribution < 1.29 is 14.3 Å². The van der Waals surface area contributed by atoms with Gasteiger partial charge in [-0.05, 0) is 25.2 Å². The SMILES string of the molecule is O=C(CC1CCCCCC1)N1CCCC2(C1)OCCO2. The Morgan fingerprint density at radius 1 is 1.05 bits per heavy atom. The van der Waals surface area contributed by atoms with Gasteiger partial charge in [-0.3, -0.25) is 4.79 Å². The van der Waals surface area contributed by atoms with E-state index in [0.29, 0.717) is 31.6 Å². The molecule has 0 atom stereocenters. The van der Waals surface area contributed by atoms with Crippen LogP contribution in [0.15, 0.2) is 0 Å². The molecule has 2 aliphatic heterocycles. The Kier molecular flexibility index (Phi) is 4.61. The van der Waals surface area contributed by atoms with Crippen LogP contribution in [0.1, 0.15) is 57.8 Å². The topological polar surface area (TPSA) is 38.8 Å². The Morgan fingerprint density at radius 2 is 1.75 bits per heavy atom. The first kappa shape index (κ1) is 14.3. The molecular weight excluding hydrogens is 254 g/mol. The van der Waals surface area contributed by atoms with Gasteiger partial charge in [0.1, 0.15) is 0 Å². The highest BCUT2D eigenvalue weighted by molar-refractivity contribution is 5.76. The zero-order valence-corrected chi connectivity index (χ0v) is 12.4. The van der Waals surface area contributed by atoms with Crippen molar-refractivity contribution in [3.05, 3.63) is 0 Å². The number of likely N-dealkylation sites (tertiary alicyclic amines) is 1. The molecule has 0 unspecified atom stereocenters. The van der Waals surface area contributed by atoms with E-state index in [-0.39, 0.29) is 0 Å². The summed E-state index contributed by atoms with van der Waals surface area (Å²) in [5.41, 5.74) is 0. The zero-order valence-electron chi connectivity index (χ0n) is 12.4. The van der Waals surface area contributed by atoms with E-state index in [2.05, 4.69) is 0 Å². The number of ether oxygens (including phenoxy) is 2. The predicted octanol–water partition coefficient (Wildman–Crippen LogP) is 2.71. The summed E-state index contributed by atoms with van der Waals surface area (Å²) in [5, 5.41) is 0. The maximum Gasteiger partial charge on any atom is 0.223 e. The first-order chi connectivity index (χ1) is 9.77. The van der Waals surface area contributed by atoms with Gasteiger partial charge in [-0.25, -0.2) is 0 Å². The van der Waals surface area contributed by atoms with Crippen molar-refractivity contribution >= 4 is 5.91 Å². The summed E-state index contributed by atoms with van der Waals surface area (Å²) in [5.74, 6) is 0.445. The van der Waals surface area contributed by atoms with Crippen molar-refractivity contribution in [2.45, 2.75) is 63.6 Å². The van der Waals surface area contributed by atoms with E-state index in [1.54, 1.807) is 0 Å². The van der Waals surface area contributed by atoms with E-state index in [1.807, 2.05) is 4.90 Å². The van der Waals surface area contributed by atoms with Crippen molar-refractivity contribution in [3.63, 3.8) is 0 Å². The molecule has 1 aliphatic carbocycles. The molecule has 3 aliphatic rings. The van der Waals surface area contributed by atoms with Gasteiger partial charge < -0.3 is 14.4 Å². The van der Waals surface area contributed by atoms with Crippen LogP contribution in [-0.4, -0.2) is 42.9 Å². The minimum Gasteiger partial charge on any atom is -0.346 e. The first-order valence-electron chi connectivity index (χ1n) is 8.33. The predicted molar refractivity (Wildman–Crippen MR) is 76.3 cm³/mol. The van der Waals surface area contributed by atoms with Crippen LogP contribution >= 0.6 is 0 Å². The lowest BCUT2D eigenvalue weighted by Crippen LogP contribution is -2.51. The van der Waals surface area contributed by atoms with Crippen LogP contribution < -0.4 is 0 Å². The Balaban J connectivity index is 1.53. The third-order valence-corrected chi connectivity index (χ3v) is 5.02. The van der Waals surface area contributed by atoms with Gasteiger partial charge in [0, 0.05) is 19.4 Å². The summed E-state index contributed by atoms with van der Waals surface area (Å²) in [6.07, 6.45) is 10.4. The van der Waals surface area contributed by atoms with Crippen molar-refractivity contribution in [1.82, 2.24) is 4.90 Å². The van der Waals surface area contributed by atoms with Crippen molar-refractivity contribution in [2.24, 2.45) is 5.92 Å². The molecule has 2 saturated heterocycles. The van der Waals surface area contributed by atoms with Gasteiger partial charge >= 0.3 is 0 Å². The van der Waals surface area contributed by atoms with Crippen LogP contribution in [-0.2, 0) is 14.3 Å². The molecule has 0 aromatic rings. The van der Waals surface area contributed by atoms with E-state index < -0.39 is 5.79 Å². The van der Waals surface area contributed by atoms with Crippen LogP contribution in [0.4, 0.5) is 0 Å². The van der Waals surface area contributed by atoms with E-state index in [4.69, 9.17) is 9.47 Å². The third kappa shape index (κ3) is 3.34. The molecule has 20 heavy (non-hydrogen) atoms. The van der Waals surface area contributed by atoms with E-state index in [0.717, 1.165) is 25.8 Å². The molecule has 1 saturated carbocycles. The number of piperidine rings is 1. The summed E-state index contributed by atoms with van der Waals surface area (Å²) in [6.45, 7) is 2.86. The summed E-state index contributed by atoms with van der Waals surface area (Å²) < 4.78 is 11.5. The lowest BCUT2D eigenvalue weighted by Gasteiger charge is -2.39. The largest absolute Gasteiger partial charge is 0.346 e. The molecule has 114 valence electrons. The average molecular weight is 281 g/mol. The number of hydrogen-bond acceptors (Lipinski definition) is 3. The molecule has 1 spiro atoms. The highest BCUT2D eigenvalue weighted by Crippen LogP contribution is 2.32. The molecule has 1 amide bonds. The van der Waals surface area contributed by atoms with Crippen LogP contribution in [0.2, 0.25) is 0 Å². The number of carbonyl (C=O) groups excluding carboxylic acids is 1. The van der Waals surface area contributed by atoms with Crippen LogP contribution in [0.25, 0.3) is 0 Å². The Hall–Kier alpha value is -0.610. The molecule has 2 heterocycles. The van der Waals surface area contributed by atoms with Crippen LogP contribution in [0.3, 0.4) is 0 Å². The lowest BCUT2D eigenvalue weighted by molar-refractivity contribution is -0.193. The maximum absolute atomic E-state index is 12.5. The molecule has 3 rings (SSSR count). The van der Waals surface area contributed by atoms with Crippen molar-refractivity contribution in [2.75, 3.05) is 26.3 Å². The van der Waals surface area contributed by atoms with Gasteiger partial charge in [0.2, 0.25) is 5.91 Å². The van der Waals surface area contributed by atoms with Crippen molar-refractivity contribution in [3.8, 4) is 0 Å². The molecule has 0 aromatic heterocycles. The van der Waals surface area contributed by atoms with Gasteiger partial charge in [-0.1, -0.05) is 25.7 Å². The van der Waals surface area contributed by atoms with Crippen LogP contribution in [0.5, 0.6) is 0 Å². The average Bonchev–Trinajstić information content (AvgIpc) is 2.74. The molecule has 3 fully saturated rings. The summed E-state index contributed by atoms with van der Waals surface area (Å²) >= 11 is 0. The molecular formula is C16H27NO3. The van der Waals surface area contributed by atoms with Gasteiger partial charge in [0.05, 0.1) is 19.8 Å². The first-order valence-corrected chi connectivity index (χ1v) is 8.33. The Bertz CT molecular complexity index is 331. The number of amides is 1. The monoisotopic (exact) mass is 281 g/mol. The number of nitrogens with zero attached hydrogens (tertiary/aromatic N) is 1. The summed E-state index contributed by atoms with van der Waals surface area (Å²) in [6, 6.07) is 0. The summed E-state index contributed by atoms with van der Waals surface area (Å²) in [7, 11) is 0. The lowest BCUT2D eigenvalue weighted by atomic mass is 9.95. The second-order valence-corrected chi connectivity index (χ2v) is 6.59. The van der Waals surface area contributed by atoms with Crippen LogP contribution in [0, 0.1) is 5.92 Å². The molecule has 0 bridgehead atoms. The van der Waals surface area contributed by atoms with Gasteiger partial charge in [-0.2, -0.15) is 0 Å². The molecule has 0 aromatic carbocycles. The van der Waals surface area contributed by atoms with E-state index in [9.17, 15) is 4.79 Å². The number of carbonyl (C=O) groups is 1. The standard InChI is InChI=1S/C16H27NO3/c18-15(12-14-6-3-1-2-4-7-14)17-9-5-8-16(13-17)19-10-11-20-16/h14H,1-13H2. The fourth-order valence-corrected chi connectivity index (χ4v) is 3.88. The number of hydrogen-bond donors (Lipinski definition) is 0. The second kappa shape index (κ2) is 6.44. The smallest absolute Gasteiger partial charge is 0.223 e. The molecule has 0 N–H and O–H groups in total. The zero-order chi connectivity index (χ0) is 13.8. The van der Waals surface area contributed by atoms with E-state index >= 15 is 0 Å². The highest BCUT2D eigenvalue weighted by atomic mass is 16.7. The molecule has 0 radical (unpaired) electrons. The molecule has 4 heteroatoms. The maximum atomic E-state index is 12.5. The normalized spacial score (nSPS) is 27.7. The van der Waals surface area contributed by atoms with Gasteiger partial charge in [0.15, 0.2) is 5.79 Å². The quantitative estimate of drug-likeness (QED) is 0.731. The highest BCUT2D eigenvalue weighted by Gasteiger charge is 2.42. The number of rotatable bonds is 2. The second-order valence-electron chi connectivity index (χ2n) is 6.59. The Morgan fingerprint density at radius 3 is 2.45 bits per heavy atom. The van der Waals surface area contributed by atoms with Crippen molar-refractivity contribution in [1.29, 1.82) is 0 Å². The summed E-state index contributed by atoms with van der Waals surface area (Å²) in [4.78, 5) is 14.5. The van der Waals surface area contributed by atoms with Gasteiger partial charge in [0.25, 0.3) is 0 Å². The third-order valence-electron chi connectivity index (χ3n) is 5.02. The van der Waals surface area contributed by atoms with E-state index in [1.165, 1.54) is 38.5 Å². The van der Waals surface area contributed by atoms with Gasteiger partial charge in [-0.15, -0.1) is 0 Å². The fourth-order valence-electron chi connectivity index (χ4n) is 3.88. The Labute approximate surface area is 121 Å². The minimum atomic E-state index is -0.475.